The van der Waals surface area contributed by atoms with Crippen molar-refractivity contribution in [2.45, 2.75) is 137 Å². The van der Waals surface area contributed by atoms with Crippen LogP contribution in [0.4, 0.5) is 0 Å². The van der Waals surface area contributed by atoms with Gasteiger partial charge in [0.1, 0.15) is 0 Å². The van der Waals surface area contributed by atoms with Gasteiger partial charge in [-0.15, -0.1) is 0 Å². The smallest absolute Gasteiger partial charge is 0.311 e. The maximum absolute atomic E-state index is 13.0. The third kappa shape index (κ3) is 6.02. The van der Waals surface area contributed by atoms with Gasteiger partial charge in [-0.05, 0) is 151 Å². The minimum atomic E-state index is -0.386. The van der Waals surface area contributed by atoms with E-state index in [1.807, 2.05) is 0 Å². The first kappa shape index (κ1) is 35.2. The average Bonchev–Trinajstić information content (AvgIpc) is 3.03. The van der Waals surface area contributed by atoms with Crippen LogP contribution in [0.2, 0.25) is 0 Å². The van der Waals surface area contributed by atoms with Crippen molar-refractivity contribution in [3.8, 4) is 0 Å². The quantitative estimate of drug-likeness (QED) is 0.187. The number of fused-ring (bicyclic) bond motifs is 2. The van der Waals surface area contributed by atoms with E-state index in [2.05, 4.69) is 53.5 Å². The molecule has 9 unspecified atom stereocenters. The predicted octanol–water partition coefficient (Wildman–Crippen LogP) is 10.7. The molecule has 4 saturated carbocycles. The van der Waals surface area contributed by atoms with Gasteiger partial charge in [0.2, 0.25) is 0 Å². The molecule has 0 aromatic rings. The highest BCUT2D eigenvalue weighted by atomic mass is 16.5. The van der Waals surface area contributed by atoms with Crippen LogP contribution in [0.5, 0.6) is 0 Å². The molecule has 0 aliphatic heterocycles. The summed E-state index contributed by atoms with van der Waals surface area (Å²) >= 11 is 0. The first-order valence-electron chi connectivity index (χ1n) is 18.6. The van der Waals surface area contributed by atoms with Crippen molar-refractivity contribution in [2.24, 2.45) is 51.2 Å². The lowest BCUT2D eigenvalue weighted by Crippen LogP contribution is -2.53. The van der Waals surface area contributed by atoms with Crippen LogP contribution in [-0.4, -0.2) is 26.2 Å². The molecule has 0 amide bonds. The highest BCUT2D eigenvalue weighted by molar-refractivity contribution is 5.77. The Bertz CT molecular complexity index is 1260. The summed E-state index contributed by atoms with van der Waals surface area (Å²) in [7, 11) is 3.10. The van der Waals surface area contributed by atoms with E-state index in [-0.39, 0.29) is 33.6 Å². The van der Waals surface area contributed by atoms with E-state index in [4.69, 9.17) is 9.47 Å². The Morgan fingerprint density at radius 2 is 1.26 bits per heavy atom. The third-order valence-corrected chi connectivity index (χ3v) is 14.9. The number of hydrogen-bond donors (Lipinski definition) is 0. The van der Waals surface area contributed by atoms with Crippen molar-refractivity contribution in [3.05, 3.63) is 48.1 Å². The lowest BCUT2D eigenvalue weighted by Gasteiger charge is -2.57. The summed E-state index contributed by atoms with van der Waals surface area (Å²) in [6.45, 7) is 23.0. The first-order chi connectivity index (χ1) is 21.7. The maximum atomic E-state index is 13.0. The van der Waals surface area contributed by atoms with Crippen LogP contribution >= 0.6 is 0 Å². The Kier molecular flexibility index (Phi) is 10.3. The number of allylic oxidation sites excluding steroid dienone is 5. The molecule has 0 spiro atoms. The van der Waals surface area contributed by atoms with Gasteiger partial charge in [0.15, 0.2) is 0 Å². The minimum absolute atomic E-state index is 0.0175. The molecule has 0 radical (unpaired) electrons. The molecule has 0 aromatic heterocycles. The minimum Gasteiger partial charge on any atom is -0.469 e. The van der Waals surface area contributed by atoms with Crippen molar-refractivity contribution in [1.82, 2.24) is 0 Å². The molecule has 4 heteroatoms. The lowest BCUT2D eigenvalue weighted by atomic mass is 9.46. The second-order valence-corrected chi connectivity index (χ2v) is 17.2. The number of hydrogen-bond acceptors (Lipinski definition) is 4. The van der Waals surface area contributed by atoms with Crippen LogP contribution in [0.25, 0.3) is 0 Å². The van der Waals surface area contributed by atoms with Crippen molar-refractivity contribution < 1.29 is 19.1 Å². The molecule has 0 saturated heterocycles. The van der Waals surface area contributed by atoms with Gasteiger partial charge < -0.3 is 9.47 Å². The van der Waals surface area contributed by atoms with E-state index >= 15 is 0 Å². The SMILES string of the molecule is C=C(CCC1C(=C)CCC2C(C)(C(=O)OC)CCCC12C)C1CC=C(CCC2C(=C)CCC3C(C)(C(=O)OC)CCCC23C)CC1. The zero-order valence-electron chi connectivity index (χ0n) is 30.2. The topological polar surface area (TPSA) is 52.6 Å². The maximum Gasteiger partial charge on any atom is 0.311 e. The van der Waals surface area contributed by atoms with Crippen LogP contribution < -0.4 is 0 Å². The number of ether oxygens (including phenoxy) is 2. The van der Waals surface area contributed by atoms with Crippen LogP contribution in [0.15, 0.2) is 48.1 Å². The summed E-state index contributed by atoms with van der Waals surface area (Å²) in [6, 6.07) is 0. The molecular formula is C42H64O4. The van der Waals surface area contributed by atoms with Gasteiger partial charge in [-0.3, -0.25) is 9.59 Å². The highest BCUT2D eigenvalue weighted by Crippen LogP contribution is 2.64. The Morgan fingerprint density at radius 1 is 0.761 bits per heavy atom. The normalized spacial score (nSPS) is 41.1. The van der Waals surface area contributed by atoms with Gasteiger partial charge in [-0.2, -0.15) is 0 Å². The lowest BCUT2D eigenvalue weighted by molar-refractivity contribution is -0.168. The average molecular weight is 633 g/mol. The first-order valence-corrected chi connectivity index (χ1v) is 18.6. The van der Waals surface area contributed by atoms with Crippen molar-refractivity contribution in [3.63, 3.8) is 0 Å². The Morgan fingerprint density at radius 3 is 1.72 bits per heavy atom. The molecular weight excluding hydrogens is 568 g/mol. The van der Waals surface area contributed by atoms with E-state index in [1.165, 1.54) is 36.0 Å². The number of esters is 2. The van der Waals surface area contributed by atoms with E-state index in [0.717, 1.165) is 89.9 Å². The Labute approximate surface area is 280 Å². The standard InChI is InChI=1S/C42H64O4/c1-28(12-20-33-29(2)13-22-35-39(33,4)24-10-26-41(35,6)37(43)45-8)32-18-15-31(16-19-32)17-21-34-30(3)14-23-36-40(34,5)25-11-27-42(36,7)38(44)46-9/h15,32-36H,1-3,10-14,16-27H2,4-9H3. The summed E-state index contributed by atoms with van der Waals surface area (Å²) in [5, 5.41) is 0. The largest absolute Gasteiger partial charge is 0.469 e. The molecule has 4 nitrogen and oxygen atoms in total. The van der Waals surface area contributed by atoms with Crippen molar-refractivity contribution >= 4 is 11.9 Å². The third-order valence-electron chi connectivity index (χ3n) is 14.9. The van der Waals surface area contributed by atoms with Gasteiger partial charge in [0, 0.05) is 0 Å². The molecule has 5 aliphatic rings. The fourth-order valence-electron chi connectivity index (χ4n) is 12.3. The molecule has 4 fully saturated rings. The summed E-state index contributed by atoms with van der Waals surface area (Å²) in [5.41, 5.74) is 5.25. The van der Waals surface area contributed by atoms with E-state index in [1.54, 1.807) is 19.8 Å². The summed E-state index contributed by atoms with van der Waals surface area (Å²) in [5.74, 6) is 2.15. The molecule has 0 heterocycles. The van der Waals surface area contributed by atoms with Gasteiger partial charge in [0.05, 0.1) is 25.0 Å². The molecule has 5 rings (SSSR count). The Balaban J connectivity index is 1.18. The fourth-order valence-corrected chi connectivity index (χ4v) is 12.3. The van der Waals surface area contributed by atoms with Gasteiger partial charge in [0.25, 0.3) is 0 Å². The monoisotopic (exact) mass is 632 g/mol. The summed E-state index contributed by atoms with van der Waals surface area (Å²) in [4.78, 5) is 26.0. The van der Waals surface area contributed by atoms with Gasteiger partial charge in [-0.25, -0.2) is 0 Å². The van der Waals surface area contributed by atoms with Crippen molar-refractivity contribution in [2.75, 3.05) is 14.2 Å². The van der Waals surface area contributed by atoms with Crippen molar-refractivity contribution in [1.29, 1.82) is 0 Å². The highest BCUT2D eigenvalue weighted by Gasteiger charge is 2.59. The molecule has 0 aromatic carbocycles. The fraction of sp³-hybridized carbons (Fsp3) is 0.762. The van der Waals surface area contributed by atoms with E-state index < -0.39 is 0 Å². The number of methoxy groups -OCH3 is 2. The van der Waals surface area contributed by atoms with Crippen LogP contribution in [0, 0.1) is 51.2 Å². The van der Waals surface area contributed by atoms with E-state index in [0.29, 0.717) is 29.6 Å². The molecule has 5 aliphatic carbocycles. The Hall–Kier alpha value is -2.10. The molecule has 0 N–H and O–H groups in total. The molecule has 256 valence electrons. The number of carbonyl (C=O) groups is 2. The number of rotatable bonds is 9. The summed E-state index contributed by atoms with van der Waals surface area (Å²) < 4.78 is 10.7. The molecule has 46 heavy (non-hydrogen) atoms. The zero-order chi connectivity index (χ0) is 33.5. The second-order valence-electron chi connectivity index (χ2n) is 17.2. The van der Waals surface area contributed by atoms with Gasteiger partial charge in [-0.1, -0.05) is 74.8 Å². The van der Waals surface area contributed by atoms with E-state index in [9.17, 15) is 9.59 Å². The predicted molar refractivity (Wildman–Crippen MR) is 188 cm³/mol. The van der Waals surface area contributed by atoms with Gasteiger partial charge >= 0.3 is 11.9 Å². The summed E-state index contributed by atoms with van der Waals surface area (Å²) in [6.07, 6.45) is 21.0. The zero-order valence-corrected chi connectivity index (χ0v) is 30.2. The van der Waals surface area contributed by atoms with Crippen LogP contribution in [-0.2, 0) is 19.1 Å². The second kappa shape index (κ2) is 13.4. The molecule has 0 bridgehead atoms. The number of carbonyl (C=O) groups excluding carboxylic acids is 2. The van der Waals surface area contributed by atoms with Crippen LogP contribution in [0.1, 0.15) is 137 Å². The molecule has 9 atom stereocenters. The van der Waals surface area contributed by atoms with Crippen LogP contribution in [0.3, 0.4) is 0 Å².